The minimum absolute atomic E-state index is 0.0126. The summed E-state index contributed by atoms with van der Waals surface area (Å²) >= 11 is 12.9. The Labute approximate surface area is 562 Å². The van der Waals surface area contributed by atoms with E-state index in [0.29, 0.717) is 157 Å². The summed E-state index contributed by atoms with van der Waals surface area (Å²) in [4.78, 5) is 64.1. The molecule has 2 aliphatic carbocycles. The maximum Gasteiger partial charge on any atom is 0.314 e. The number of ketones is 2. The number of sulfone groups is 1. The van der Waals surface area contributed by atoms with Gasteiger partial charge in [-0.25, -0.2) is 31.2 Å². The Balaban J connectivity index is 0.522. The second-order valence-electron chi connectivity index (χ2n) is 25.3. The molecule has 26 heteroatoms. The van der Waals surface area contributed by atoms with Gasteiger partial charge in [0, 0.05) is 101 Å². The van der Waals surface area contributed by atoms with Gasteiger partial charge in [-0.3, -0.25) is 24.2 Å². The summed E-state index contributed by atoms with van der Waals surface area (Å²) in [6, 6.07) is 21.3. The van der Waals surface area contributed by atoms with Crippen LogP contribution in [0.25, 0.3) is 4.85 Å². The first-order chi connectivity index (χ1) is 45.4. The van der Waals surface area contributed by atoms with Gasteiger partial charge in [0.05, 0.1) is 65.8 Å². The highest BCUT2D eigenvalue weighted by Gasteiger charge is 2.42. The third-order valence-electron chi connectivity index (χ3n) is 18.9. The number of piperidine rings is 1. The number of Topliss-reactive ketones (excluding diaryl/α,β-unsaturated/α-hetero) is 2. The van der Waals surface area contributed by atoms with Crippen molar-refractivity contribution in [3.63, 3.8) is 0 Å². The Morgan fingerprint density at radius 3 is 1.88 bits per heavy atom. The molecule has 4 aromatic carbocycles. The molecule has 4 aliphatic heterocycles. The summed E-state index contributed by atoms with van der Waals surface area (Å²) in [6.45, 7) is 18.5. The monoisotopic (exact) mass is 1370 g/mol. The molecule has 0 radical (unpaired) electrons. The number of piperazine rings is 1. The lowest BCUT2D eigenvalue weighted by Gasteiger charge is -2.36. The van der Waals surface area contributed by atoms with Crippen LogP contribution in [0.2, 0.25) is 10.0 Å². The molecular formula is C68H86Cl2N10O12S2. The number of rotatable bonds is 32. The molecule has 4 saturated heterocycles. The van der Waals surface area contributed by atoms with Gasteiger partial charge < -0.3 is 44.7 Å². The normalized spacial score (nSPS) is 21.8. The van der Waals surface area contributed by atoms with Crippen LogP contribution in [-0.4, -0.2) is 196 Å². The van der Waals surface area contributed by atoms with E-state index in [0.717, 1.165) is 93.6 Å². The standard InChI is InChI=1S/C68H86Cl2N10O12S2/c1-72-61-40-51(70)39-60-58(61)42-63(79-25-6-3-7-26-79)66(60)92-54-13-17-56(18-14-54)94(87,88)76-67(83)48-20-28-78(45-48)31-35-89-33-8-10-52(81)9-4-2-5-21-74-68(84)75-24-34-90-36-32-77-27-19-47(44-77)64(82)46-93(85,86)55-15-11-53(12-16-55)91-65-59-38-50(69)37-49(43-71)57(59)41-62(65)80-29-22-73-23-30-80/h11-18,37-40,47-48,62-63,65-66,73H,2-10,19-36,41-42,44-46H2,(H,76,83)(H2,74,75,84)/t47-,48-,62+,63+,65+,66+/m1/s1. The van der Waals surface area contributed by atoms with Crippen molar-refractivity contribution >= 4 is 72.3 Å². The largest absolute Gasteiger partial charge is 0.484 e. The van der Waals surface area contributed by atoms with E-state index in [1.165, 1.54) is 30.7 Å². The number of halogens is 2. The zero-order valence-electron chi connectivity index (χ0n) is 53.2. The molecule has 0 aromatic heterocycles. The molecule has 6 aliphatic rings. The number of urea groups is 1. The van der Waals surface area contributed by atoms with E-state index < -0.39 is 49.5 Å². The number of hydrogen-bond acceptors (Lipinski definition) is 18. The molecule has 506 valence electrons. The number of amides is 3. The van der Waals surface area contributed by atoms with Gasteiger partial charge in [-0.1, -0.05) is 36.0 Å². The van der Waals surface area contributed by atoms with E-state index in [1.54, 1.807) is 36.4 Å². The number of fused-ring (bicyclic) bond motifs is 2. The number of nitriles is 1. The minimum atomic E-state index is -4.15. The average molecular weight is 1370 g/mol. The van der Waals surface area contributed by atoms with Crippen LogP contribution in [0.4, 0.5) is 10.5 Å². The first-order valence-electron chi connectivity index (χ1n) is 33.1. The summed E-state index contributed by atoms with van der Waals surface area (Å²) < 4.78 is 80.7. The number of hydrogen-bond donors (Lipinski definition) is 4. The van der Waals surface area contributed by atoms with Gasteiger partial charge >= 0.3 is 6.03 Å². The molecule has 22 nitrogen and oxygen atoms in total. The maximum absolute atomic E-state index is 13.5. The van der Waals surface area contributed by atoms with Crippen molar-refractivity contribution < 1.29 is 55.0 Å². The smallest absolute Gasteiger partial charge is 0.314 e. The molecule has 4 aromatic rings. The van der Waals surface area contributed by atoms with E-state index in [2.05, 4.69) is 51.2 Å². The molecule has 3 amide bonds. The van der Waals surface area contributed by atoms with Crippen molar-refractivity contribution in [1.29, 1.82) is 5.26 Å². The Hall–Kier alpha value is -6.26. The number of likely N-dealkylation sites (tertiary alicyclic amines) is 3. The summed E-state index contributed by atoms with van der Waals surface area (Å²) in [6.07, 6.45) is 8.63. The third kappa shape index (κ3) is 18.8. The van der Waals surface area contributed by atoms with E-state index in [-0.39, 0.29) is 45.6 Å². The summed E-state index contributed by atoms with van der Waals surface area (Å²) in [5, 5.41) is 19.8. The highest BCUT2D eigenvalue weighted by atomic mass is 35.5. The zero-order chi connectivity index (χ0) is 66.2. The van der Waals surface area contributed by atoms with E-state index in [9.17, 15) is 41.3 Å². The number of unbranched alkanes of at least 4 members (excludes halogenated alkanes) is 2. The fraction of sp³-hybridized carbons (Fsp3) is 0.559. The molecule has 0 saturated carbocycles. The maximum atomic E-state index is 13.5. The predicted octanol–water partition coefficient (Wildman–Crippen LogP) is 7.63. The zero-order valence-corrected chi connectivity index (χ0v) is 56.3. The van der Waals surface area contributed by atoms with Crippen LogP contribution < -0.4 is 30.1 Å². The van der Waals surface area contributed by atoms with Gasteiger partial charge in [0.15, 0.2) is 21.3 Å². The molecule has 4 N–H and O–H groups in total. The number of nitrogens with zero attached hydrogens (tertiary/aromatic N) is 6. The topological polar surface area (TPSA) is 263 Å². The molecule has 0 bridgehead atoms. The molecule has 6 atom stereocenters. The number of sulfonamides is 1. The summed E-state index contributed by atoms with van der Waals surface area (Å²) in [5.74, 6) is -1.27. The molecular weight excluding hydrogens is 1280 g/mol. The van der Waals surface area contributed by atoms with Gasteiger partial charge in [-0.05, 0) is 179 Å². The predicted molar refractivity (Wildman–Crippen MR) is 356 cm³/mol. The molecule has 0 unspecified atom stereocenters. The van der Waals surface area contributed by atoms with Gasteiger partial charge in [-0.2, -0.15) is 5.26 Å². The SMILES string of the molecule is [C-]#[N+]c1cc(Cl)cc2c1C[C@H](N1CCCCC1)[C@H]2Oc1ccc(S(=O)(=O)NC(=O)[C@@H]2CCN(CCOCCCC(=O)CCCCCNC(=O)NCCOCCN3CC[C@@H](C(=O)CS(=O)(=O)c4ccc(O[C@H]5c6cc(Cl)cc(C#N)c6C[C@@H]5N5CCNCC5)cc4)C3)C2)cc1. The number of carbonyl (C=O) groups excluding carboxylic acids is 4. The Morgan fingerprint density at radius 2 is 1.22 bits per heavy atom. The Morgan fingerprint density at radius 1 is 0.649 bits per heavy atom. The van der Waals surface area contributed by atoms with Crippen LogP contribution in [0.15, 0.2) is 82.6 Å². The Kier molecular flexibility index (Phi) is 25.2. The quantitative estimate of drug-likeness (QED) is 0.0270. The van der Waals surface area contributed by atoms with Crippen LogP contribution in [0, 0.1) is 29.7 Å². The van der Waals surface area contributed by atoms with Crippen LogP contribution in [-0.2, 0) is 56.6 Å². The number of nitrogens with one attached hydrogen (secondary N) is 4. The van der Waals surface area contributed by atoms with Crippen LogP contribution in [0.1, 0.15) is 111 Å². The average Bonchev–Trinajstić information content (AvgIpc) is 1.62. The second kappa shape index (κ2) is 33.6. The van der Waals surface area contributed by atoms with Crippen LogP contribution in [0.5, 0.6) is 11.5 Å². The number of benzene rings is 4. The highest BCUT2D eigenvalue weighted by molar-refractivity contribution is 7.92. The lowest BCUT2D eigenvalue weighted by molar-refractivity contribution is -0.123. The van der Waals surface area contributed by atoms with Gasteiger partial charge in [-0.15, -0.1) is 0 Å². The molecule has 0 spiro atoms. The van der Waals surface area contributed by atoms with Crippen LogP contribution >= 0.6 is 23.2 Å². The first-order valence-corrected chi connectivity index (χ1v) is 36.9. The van der Waals surface area contributed by atoms with Gasteiger partial charge in [0.2, 0.25) is 5.91 Å². The lowest BCUT2D eigenvalue weighted by Crippen LogP contribution is -2.50. The van der Waals surface area contributed by atoms with Crippen molar-refractivity contribution in [2.24, 2.45) is 11.8 Å². The fourth-order valence-corrected chi connectivity index (χ4v) is 16.7. The van der Waals surface area contributed by atoms with Crippen molar-refractivity contribution in [2.45, 2.75) is 118 Å². The lowest BCUT2D eigenvalue weighted by atomic mass is 10.0. The van der Waals surface area contributed by atoms with Crippen LogP contribution in [0.3, 0.4) is 0 Å². The van der Waals surface area contributed by atoms with E-state index in [4.69, 9.17) is 48.7 Å². The number of ether oxygens (including phenoxy) is 4. The van der Waals surface area contributed by atoms with Gasteiger partial charge in [0.1, 0.15) is 35.2 Å². The highest BCUT2D eigenvalue weighted by Crippen LogP contribution is 2.45. The van der Waals surface area contributed by atoms with E-state index >= 15 is 0 Å². The fourth-order valence-electron chi connectivity index (χ4n) is 13.8. The van der Waals surface area contributed by atoms with Crippen molar-refractivity contribution in [2.75, 3.05) is 124 Å². The van der Waals surface area contributed by atoms with Crippen molar-refractivity contribution in [3.8, 4) is 17.6 Å². The van der Waals surface area contributed by atoms with E-state index in [1.807, 2.05) is 12.1 Å². The molecule has 94 heavy (non-hydrogen) atoms. The molecule has 10 rings (SSSR count). The second-order valence-corrected chi connectivity index (χ2v) is 29.9. The minimum Gasteiger partial charge on any atom is -0.484 e. The molecule has 4 heterocycles. The molecule has 4 fully saturated rings. The van der Waals surface area contributed by atoms with Gasteiger partial charge in [0.25, 0.3) is 10.0 Å². The van der Waals surface area contributed by atoms with Crippen molar-refractivity contribution in [3.05, 3.63) is 122 Å². The summed E-state index contributed by atoms with van der Waals surface area (Å²) in [7, 11) is -8.07. The first kappa shape index (κ1) is 70.5. The summed E-state index contributed by atoms with van der Waals surface area (Å²) in [5.41, 5.74) is 4.65. The Bertz CT molecular complexity index is 3380. The van der Waals surface area contributed by atoms with Crippen molar-refractivity contribution in [1.82, 2.24) is 40.3 Å². The number of carbonyl (C=O) groups is 4. The third-order valence-corrected chi connectivity index (χ3v) is 22.4.